The van der Waals surface area contributed by atoms with Crippen molar-refractivity contribution in [1.29, 1.82) is 0 Å². The molecule has 1 atom stereocenters. The molecule has 3 heterocycles. The molecule has 6 nitrogen and oxygen atoms in total. The van der Waals surface area contributed by atoms with Gasteiger partial charge in [-0.3, -0.25) is 9.69 Å². The number of amides is 1. The van der Waals surface area contributed by atoms with Gasteiger partial charge in [-0.1, -0.05) is 18.2 Å². The number of carbonyl (C=O) groups excluding carboxylic acids is 1. The van der Waals surface area contributed by atoms with E-state index >= 15 is 0 Å². The van der Waals surface area contributed by atoms with Gasteiger partial charge in [0.2, 0.25) is 0 Å². The summed E-state index contributed by atoms with van der Waals surface area (Å²) in [5, 5.41) is 10.2. The van der Waals surface area contributed by atoms with E-state index in [0.29, 0.717) is 13.0 Å². The fourth-order valence-electron chi connectivity index (χ4n) is 3.71. The minimum absolute atomic E-state index is 0.0350. The molecule has 2 aromatic heterocycles. The van der Waals surface area contributed by atoms with Gasteiger partial charge in [0.1, 0.15) is 0 Å². The van der Waals surface area contributed by atoms with E-state index in [-0.39, 0.29) is 30.0 Å². The third-order valence-corrected chi connectivity index (χ3v) is 7.04. The van der Waals surface area contributed by atoms with E-state index in [1.807, 2.05) is 39.9 Å². The van der Waals surface area contributed by atoms with E-state index in [1.54, 1.807) is 46.9 Å². The Morgan fingerprint density at radius 1 is 1.21 bits per heavy atom. The fraction of sp³-hybridized carbons (Fsp3) is 0.304. The van der Waals surface area contributed by atoms with Crippen molar-refractivity contribution in [1.82, 2.24) is 9.91 Å². The van der Waals surface area contributed by atoms with Crippen molar-refractivity contribution in [3.05, 3.63) is 68.5 Å². The molecular formula is C23H23F2N3O3S2. The molecule has 1 aliphatic rings. The summed E-state index contributed by atoms with van der Waals surface area (Å²) in [6.07, 6.45) is 0.670. The Kier molecular flexibility index (Phi) is 7.36. The van der Waals surface area contributed by atoms with Gasteiger partial charge in [-0.2, -0.15) is 13.9 Å². The summed E-state index contributed by atoms with van der Waals surface area (Å²) in [6, 6.07) is 12.7. The fourth-order valence-corrected chi connectivity index (χ4v) is 5.25. The molecule has 1 aromatic carbocycles. The maximum atomic E-state index is 13.2. The van der Waals surface area contributed by atoms with Crippen molar-refractivity contribution in [2.45, 2.75) is 25.6 Å². The predicted molar refractivity (Wildman–Crippen MR) is 125 cm³/mol. The molecule has 174 valence electrons. The Bertz CT molecular complexity index is 1100. The van der Waals surface area contributed by atoms with E-state index in [2.05, 4.69) is 9.84 Å². The molecule has 10 heteroatoms. The number of nitrogens with zero attached hydrogens (tertiary/aromatic N) is 3. The number of benzene rings is 1. The second kappa shape index (κ2) is 10.4. The minimum Gasteiger partial charge on any atom is -0.493 e. The lowest BCUT2D eigenvalue weighted by atomic mass is 10.1. The molecular weight excluding hydrogens is 468 g/mol. The van der Waals surface area contributed by atoms with Crippen LogP contribution in [-0.4, -0.2) is 48.8 Å². The summed E-state index contributed by atoms with van der Waals surface area (Å²) in [7, 11) is 3.19. The molecule has 0 saturated carbocycles. The Hall–Kier alpha value is -2.82. The average Bonchev–Trinajstić information content (AvgIpc) is 3.54. The van der Waals surface area contributed by atoms with Gasteiger partial charge in [-0.05, 0) is 47.6 Å². The van der Waals surface area contributed by atoms with Gasteiger partial charge in [0.15, 0.2) is 11.5 Å². The molecule has 1 amide bonds. The molecule has 0 saturated heterocycles. The van der Waals surface area contributed by atoms with Crippen molar-refractivity contribution >= 4 is 34.3 Å². The van der Waals surface area contributed by atoms with Crippen LogP contribution < -0.4 is 9.47 Å². The van der Waals surface area contributed by atoms with Crippen LogP contribution in [0.1, 0.15) is 27.8 Å². The molecule has 0 bridgehead atoms. The van der Waals surface area contributed by atoms with Crippen LogP contribution in [0.25, 0.3) is 0 Å². The topological polar surface area (TPSA) is 54.4 Å². The van der Waals surface area contributed by atoms with Crippen molar-refractivity contribution in [2.24, 2.45) is 5.10 Å². The Balaban J connectivity index is 1.47. The molecule has 0 aliphatic carbocycles. The molecule has 0 N–H and O–H groups in total. The van der Waals surface area contributed by atoms with Crippen LogP contribution in [0, 0.1) is 0 Å². The quantitative estimate of drug-likeness (QED) is 0.411. The number of thiophene rings is 2. The van der Waals surface area contributed by atoms with Gasteiger partial charge < -0.3 is 9.47 Å². The van der Waals surface area contributed by atoms with E-state index in [0.717, 1.165) is 21.0 Å². The van der Waals surface area contributed by atoms with Crippen LogP contribution in [0.4, 0.5) is 8.78 Å². The summed E-state index contributed by atoms with van der Waals surface area (Å²) >= 11 is 3.21. The molecule has 33 heavy (non-hydrogen) atoms. The summed E-state index contributed by atoms with van der Waals surface area (Å²) in [5.74, 6) is 0.0660. The molecule has 1 aliphatic heterocycles. The van der Waals surface area contributed by atoms with Crippen molar-refractivity contribution in [3.8, 4) is 11.5 Å². The molecule has 0 spiro atoms. The summed E-state index contributed by atoms with van der Waals surface area (Å²) in [4.78, 5) is 17.2. The number of hydrogen-bond donors (Lipinski definition) is 0. The third-order valence-electron chi connectivity index (χ3n) is 5.14. The van der Waals surface area contributed by atoms with E-state index in [9.17, 15) is 13.6 Å². The molecule has 4 rings (SSSR count). The zero-order valence-electron chi connectivity index (χ0n) is 18.1. The number of rotatable bonds is 9. The first-order valence-electron chi connectivity index (χ1n) is 10.2. The van der Waals surface area contributed by atoms with Gasteiger partial charge in [0.25, 0.3) is 5.91 Å². The highest BCUT2D eigenvalue weighted by Gasteiger charge is 2.34. The SMILES string of the molecule is COc1ccc(CN(C)CC(=O)N2N=C(c3cccs3)CC2c2cccs2)cc1OC(F)F. The van der Waals surface area contributed by atoms with Crippen LogP contribution in [0.3, 0.4) is 0 Å². The lowest BCUT2D eigenvalue weighted by molar-refractivity contribution is -0.134. The number of likely N-dealkylation sites (N-methyl/N-ethyl adjacent to an activating group) is 1. The number of methoxy groups -OCH3 is 1. The van der Waals surface area contributed by atoms with Gasteiger partial charge in [-0.25, -0.2) is 5.01 Å². The normalized spacial score (nSPS) is 15.9. The number of ether oxygens (including phenoxy) is 2. The van der Waals surface area contributed by atoms with Gasteiger partial charge in [0, 0.05) is 17.8 Å². The Morgan fingerprint density at radius 2 is 2.00 bits per heavy atom. The van der Waals surface area contributed by atoms with E-state index in [1.165, 1.54) is 13.2 Å². The molecule has 0 radical (unpaired) electrons. The number of carbonyl (C=O) groups is 1. The van der Waals surface area contributed by atoms with Gasteiger partial charge in [0.05, 0.1) is 30.3 Å². The summed E-state index contributed by atoms with van der Waals surface area (Å²) in [5.41, 5.74) is 1.63. The largest absolute Gasteiger partial charge is 0.493 e. The zero-order valence-corrected chi connectivity index (χ0v) is 19.7. The van der Waals surface area contributed by atoms with Gasteiger partial charge in [-0.15, -0.1) is 22.7 Å². The second-order valence-corrected chi connectivity index (χ2v) is 9.46. The highest BCUT2D eigenvalue weighted by Crippen LogP contribution is 2.36. The molecule has 0 fully saturated rings. The highest BCUT2D eigenvalue weighted by atomic mass is 32.1. The van der Waals surface area contributed by atoms with Gasteiger partial charge >= 0.3 is 6.61 Å². The maximum absolute atomic E-state index is 13.2. The Labute approximate surface area is 198 Å². The standard InChI is InChI=1S/C23H23F2N3O3S2/c1-27(13-15-7-8-18(30-2)19(11-15)31-23(24)25)14-22(29)28-17(21-6-4-10-33-21)12-16(26-28)20-5-3-9-32-20/h3-11,17,23H,12-14H2,1-2H3. The van der Waals surface area contributed by atoms with Crippen molar-refractivity contribution < 1.29 is 23.0 Å². The predicted octanol–water partition coefficient (Wildman–Crippen LogP) is 5.23. The smallest absolute Gasteiger partial charge is 0.387 e. The number of halogens is 2. The third kappa shape index (κ3) is 5.58. The van der Waals surface area contributed by atoms with Crippen LogP contribution >= 0.6 is 22.7 Å². The average molecular weight is 492 g/mol. The first-order chi connectivity index (χ1) is 15.9. The minimum atomic E-state index is -2.95. The first kappa shape index (κ1) is 23.3. The van der Waals surface area contributed by atoms with Crippen LogP contribution in [0.15, 0.2) is 58.3 Å². The van der Waals surface area contributed by atoms with E-state index < -0.39 is 6.61 Å². The number of hydrogen-bond acceptors (Lipinski definition) is 7. The van der Waals surface area contributed by atoms with Crippen molar-refractivity contribution in [2.75, 3.05) is 20.7 Å². The number of alkyl halides is 2. The molecule has 1 unspecified atom stereocenters. The monoisotopic (exact) mass is 491 g/mol. The lowest BCUT2D eigenvalue weighted by Gasteiger charge is -2.24. The maximum Gasteiger partial charge on any atom is 0.387 e. The van der Waals surface area contributed by atoms with Crippen LogP contribution in [0.5, 0.6) is 11.5 Å². The Morgan fingerprint density at radius 3 is 2.67 bits per heavy atom. The lowest BCUT2D eigenvalue weighted by Crippen LogP contribution is -2.36. The van der Waals surface area contributed by atoms with Crippen molar-refractivity contribution in [3.63, 3.8) is 0 Å². The summed E-state index contributed by atoms with van der Waals surface area (Å²) < 4.78 is 35.1. The van der Waals surface area contributed by atoms with Crippen LogP contribution in [-0.2, 0) is 11.3 Å². The summed E-state index contributed by atoms with van der Waals surface area (Å²) in [6.45, 7) is -2.46. The first-order valence-corrected chi connectivity index (χ1v) is 12.0. The highest BCUT2D eigenvalue weighted by molar-refractivity contribution is 7.12. The van der Waals surface area contributed by atoms with Crippen LogP contribution in [0.2, 0.25) is 0 Å². The van der Waals surface area contributed by atoms with E-state index in [4.69, 9.17) is 4.74 Å². The number of hydrazone groups is 1. The zero-order chi connectivity index (χ0) is 23.4. The molecule has 3 aromatic rings. The second-order valence-electron chi connectivity index (χ2n) is 7.53.